The number of benzene rings is 1. The Morgan fingerprint density at radius 1 is 1.39 bits per heavy atom. The van der Waals surface area contributed by atoms with Gasteiger partial charge in [-0.05, 0) is 36.7 Å². The van der Waals surface area contributed by atoms with Crippen molar-refractivity contribution >= 4 is 0 Å². The predicted molar refractivity (Wildman–Crippen MR) is 61.8 cm³/mol. The van der Waals surface area contributed by atoms with E-state index in [1.54, 1.807) is 0 Å². The zero-order valence-corrected chi connectivity index (χ0v) is 9.88. The number of nitriles is 1. The molecule has 1 saturated heterocycles. The van der Waals surface area contributed by atoms with Crippen LogP contribution < -0.4 is 5.32 Å². The van der Waals surface area contributed by atoms with Crippen molar-refractivity contribution in [3.63, 3.8) is 0 Å². The van der Waals surface area contributed by atoms with Gasteiger partial charge in [-0.2, -0.15) is 5.26 Å². The quantitative estimate of drug-likeness (QED) is 0.810. The molecule has 0 saturated carbocycles. The fourth-order valence-corrected chi connectivity index (χ4v) is 1.84. The van der Waals surface area contributed by atoms with E-state index in [2.05, 4.69) is 11.4 Å². The maximum Gasteiger partial charge on any atom is 0.126 e. The Bertz CT molecular complexity index is 467. The largest absolute Gasteiger partial charge is 0.378 e. The van der Waals surface area contributed by atoms with Crippen molar-refractivity contribution in [3.8, 4) is 6.07 Å². The van der Waals surface area contributed by atoms with Gasteiger partial charge in [-0.25, -0.2) is 8.78 Å². The molecule has 0 aromatic heterocycles. The number of ether oxygens (including phenoxy) is 1. The molecular weight excluding hydrogens is 238 g/mol. The summed E-state index contributed by atoms with van der Waals surface area (Å²) in [4.78, 5) is 0. The molecule has 1 N–H and O–H groups in total. The number of nitrogens with zero attached hydrogens (tertiary/aromatic N) is 1. The van der Waals surface area contributed by atoms with Crippen LogP contribution in [-0.2, 0) is 11.2 Å². The summed E-state index contributed by atoms with van der Waals surface area (Å²) in [5.41, 5.74) is -0.0983. The van der Waals surface area contributed by atoms with Crippen LogP contribution >= 0.6 is 0 Å². The fourth-order valence-electron chi connectivity index (χ4n) is 1.84. The van der Waals surface area contributed by atoms with E-state index in [-0.39, 0.29) is 0 Å². The SMILES string of the molecule is N#CC1(CNCCc2cc(F)ccc2F)COC1. The van der Waals surface area contributed by atoms with Gasteiger partial charge in [-0.15, -0.1) is 0 Å². The third-order valence-corrected chi connectivity index (χ3v) is 3.04. The normalized spacial score (nSPS) is 16.9. The second-order valence-electron chi connectivity index (χ2n) is 4.55. The van der Waals surface area contributed by atoms with Crippen molar-refractivity contribution in [1.29, 1.82) is 5.26 Å². The molecule has 0 bridgehead atoms. The van der Waals surface area contributed by atoms with E-state index in [1.165, 1.54) is 6.07 Å². The van der Waals surface area contributed by atoms with E-state index in [1.807, 2.05) is 0 Å². The first-order valence-corrected chi connectivity index (χ1v) is 5.79. The molecule has 0 amide bonds. The molecule has 1 heterocycles. The number of nitrogens with one attached hydrogen (secondary N) is 1. The summed E-state index contributed by atoms with van der Waals surface area (Å²) in [5.74, 6) is -0.840. The summed E-state index contributed by atoms with van der Waals surface area (Å²) in [6.07, 6.45) is 0.395. The summed E-state index contributed by atoms with van der Waals surface area (Å²) in [6.45, 7) is 1.89. The number of halogens is 2. The van der Waals surface area contributed by atoms with Crippen molar-refractivity contribution in [3.05, 3.63) is 35.4 Å². The lowest BCUT2D eigenvalue weighted by molar-refractivity contribution is -0.0752. The van der Waals surface area contributed by atoms with Crippen molar-refractivity contribution in [2.75, 3.05) is 26.3 Å². The molecule has 0 unspecified atom stereocenters. The molecule has 96 valence electrons. The number of hydrogen-bond donors (Lipinski definition) is 1. The molecule has 1 fully saturated rings. The van der Waals surface area contributed by atoms with Gasteiger partial charge in [-0.3, -0.25) is 0 Å². The molecule has 0 spiro atoms. The van der Waals surface area contributed by atoms with Crippen molar-refractivity contribution in [2.24, 2.45) is 5.41 Å². The minimum absolute atomic E-state index is 0.346. The van der Waals surface area contributed by atoms with Crippen LogP contribution in [-0.4, -0.2) is 26.3 Å². The second-order valence-corrected chi connectivity index (χ2v) is 4.55. The first kappa shape index (κ1) is 12.9. The maximum atomic E-state index is 13.3. The van der Waals surface area contributed by atoms with Gasteiger partial charge in [0.05, 0.1) is 19.3 Å². The highest BCUT2D eigenvalue weighted by Gasteiger charge is 2.38. The van der Waals surface area contributed by atoms with Crippen LogP contribution in [0.2, 0.25) is 0 Å². The monoisotopic (exact) mass is 252 g/mol. The van der Waals surface area contributed by atoms with Gasteiger partial charge in [0.2, 0.25) is 0 Å². The van der Waals surface area contributed by atoms with Crippen LogP contribution in [0.3, 0.4) is 0 Å². The Balaban J connectivity index is 1.79. The zero-order chi connectivity index (χ0) is 13.0. The van der Waals surface area contributed by atoms with E-state index >= 15 is 0 Å². The average Bonchev–Trinajstić information content (AvgIpc) is 2.31. The van der Waals surface area contributed by atoms with Gasteiger partial charge in [0.25, 0.3) is 0 Å². The Morgan fingerprint density at radius 2 is 2.17 bits per heavy atom. The molecule has 5 heteroatoms. The Morgan fingerprint density at radius 3 is 2.78 bits per heavy atom. The molecule has 1 aliphatic heterocycles. The van der Waals surface area contributed by atoms with Crippen LogP contribution in [0.25, 0.3) is 0 Å². The van der Waals surface area contributed by atoms with Crippen LogP contribution in [0.15, 0.2) is 18.2 Å². The highest BCUT2D eigenvalue weighted by molar-refractivity contribution is 5.19. The summed E-state index contributed by atoms with van der Waals surface area (Å²) in [7, 11) is 0. The topological polar surface area (TPSA) is 45.0 Å². The minimum Gasteiger partial charge on any atom is -0.378 e. The van der Waals surface area contributed by atoms with Gasteiger partial charge in [0.1, 0.15) is 17.0 Å². The van der Waals surface area contributed by atoms with Gasteiger partial charge in [0, 0.05) is 6.54 Å². The smallest absolute Gasteiger partial charge is 0.126 e. The van der Waals surface area contributed by atoms with Gasteiger partial charge in [-0.1, -0.05) is 0 Å². The standard InChI is InChI=1S/C13H14F2N2O/c14-11-1-2-12(15)10(5-11)3-4-17-7-13(6-16)8-18-9-13/h1-2,5,17H,3-4,7-9H2. The minimum atomic E-state index is -0.444. The molecule has 0 radical (unpaired) electrons. The molecule has 1 aromatic carbocycles. The van der Waals surface area contributed by atoms with Crippen LogP contribution in [0.1, 0.15) is 5.56 Å². The number of rotatable bonds is 5. The van der Waals surface area contributed by atoms with E-state index < -0.39 is 17.0 Å². The molecule has 3 nitrogen and oxygen atoms in total. The lowest BCUT2D eigenvalue weighted by Crippen LogP contribution is -2.48. The van der Waals surface area contributed by atoms with Gasteiger partial charge < -0.3 is 10.1 Å². The van der Waals surface area contributed by atoms with E-state index in [0.29, 0.717) is 38.3 Å². The summed E-state index contributed by atoms with van der Waals surface area (Å²) in [5, 5.41) is 12.0. The van der Waals surface area contributed by atoms with Crippen molar-refractivity contribution in [2.45, 2.75) is 6.42 Å². The van der Waals surface area contributed by atoms with Crippen LogP contribution in [0.4, 0.5) is 8.78 Å². The predicted octanol–water partition coefficient (Wildman–Crippen LogP) is 1.64. The average molecular weight is 252 g/mol. The van der Waals surface area contributed by atoms with Gasteiger partial charge in [0.15, 0.2) is 0 Å². The fraction of sp³-hybridized carbons (Fsp3) is 0.462. The summed E-state index contributed by atoms with van der Waals surface area (Å²) in [6, 6.07) is 5.64. The lowest BCUT2D eigenvalue weighted by atomic mass is 9.88. The maximum absolute atomic E-state index is 13.3. The summed E-state index contributed by atoms with van der Waals surface area (Å²) < 4.78 is 31.2. The second kappa shape index (κ2) is 5.42. The third-order valence-electron chi connectivity index (χ3n) is 3.04. The lowest BCUT2D eigenvalue weighted by Gasteiger charge is -2.35. The molecule has 0 aliphatic carbocycles. The molecule has 1 aromatic rings. The van der Waals surface area contributed by atoms with Crippen LogP contribution in [0, 0.1) is 28.4 Å². The van der Waals surface area contributed by atoms with Crippen molar-refractivity contribution < 1.29 is 13.5 Å². The molecular formula is C13H14F2N2O. The Labute approximate surface area is 104 Å². The zero-order valence-electron chi connectivity index (χ0n) is 9.88. The molecule has 2 rings (SSSR count). The van der Waals surface area contributed by atoms with E-state index in [0.717, 1.165) is 12.1 Å². The van der Waals surface area contributed by atoms with Crippen LogP contribution in [0.5, 0.6) is 0 Å². The molecule has 18 heavy (non-hydrogen) atoms. The molecule has 1 aliphatic rings. The third kappa shape index (κ3) is 2.84. The highest BCUT2D eigenvalue weighted by atomic mass is 19.1. The van der Waals surface area contributed by atoms with Crippen molar-refractivity contribution in [1.82, 2.24) is 5.32 Å². The van der Waals surface area contributed by atoms with Gasteiger partial charge >= 0.3 is 0 Å². The highest BCUT2D eigenvalue weighted by Crippen LogP contribution is 2.25. The van der Waals surface area contributed by atoms with E-state index in [9.17, 15) is 8.78 Å². The van der Waals surface area contributed by atoms with E-state index in [4.69, 9.17) is 10.00 Å². The first-order valence-electron chi connectivity index (χ1n) is 5.79. The Kier molecular flexibility index (Phi) is 3.90. The first-order chi connectivity index (χ1) is 8.65. The summed E-state index contributed by atoms with van der Waals surface area (Å²) >= 11 is 0. The number of hydrogen-bond acceptors (Lipinski definition) is 3. The Hall–Kier alpha value is -1.51. The molecule has 0 atom stereocenters.